The van der Waals surface area contributed by atoms with Gasteiger partial charge in [-0.3, -0.25) is 0 Å². The minimum Gasteiger partial charge on any atom is -0.351 e. The van der Waals surface area contributed by atoms with E-state index in [4.69, 9.17) is 11.6 Å². The van der Waals surface area contributed by atoms with Crippen LogP contribution in [0.15, 0.2) is 12.1 Å². The van der Waals surface area contributed by atoms with Crippen LogP contribution in [0, 0.1) is 0 Å². The Morgan fingerprint density at radius 1 is 1.06 bits per heavy atom. The Labute approximate surface area is 117 Å². The Bertz CT molecular complexity index is 364. The van der Waals surface area contributed by atoms with Crippen molar-refractivity contribution in [3.8, 4) is 0 Å². The summed E-state index contributed by atoms with van der Waals surface area (Å²) < 4.78 is 0. The molecule has 0 amide bonds. The van der Waals surface area contributed by atoms with Crippen LogP contribution >= 0.6 is 28.6 Å². The van der Waals surface area contributed by atoms with Gasteiger partial charge in [0.2, 0.25) is 0 Å². The van der Waals surface area contributed by atoms with Gasteiger partial charge in [0, 0.05) is 32.2 Å². The lowest BCUT2D eigenvalue weighted by Crippen LogP contribution is -2.38. The van der Waals surface area contributed by atoms with E-state index in [0.717, 1.165) is 18.9 Å². The van der Waals surface area contributed by atoms with Crippen LogP contribution in [0.5, 0.6) is 0 Å². The lowest BCUT2D eigenvalue weighted by Gasteiger charge is -2.31. The van der Waals surface area contributed by atoms with Crippen molar-refractivity contribution in [1.29, 1.82) is 0 Å². The summed E-state index contributed by atoms with van der Waals surface area (Å²) >= 11 is 5.76. The molecule has 3 aliphatic heterocycles. The number of hydrogen-bond donors (Lipinski definition) is 0. The molecule has 0 aromatic carbocycles. The van der Waals surface area contributed by atoms with E-state index >= 15 is 0 Å². The van der Waals surface area contributed by atoms with Gasteiger partial charge in [-0.15, -0.1) is 27.2 Å². The van der Waals surface area contributed by atoms with Crippen molar-refractivity contribution in [3.05, 3.63) is 17.3 Å². The molecule has 0 unspecified atom stereocenters. The Balaban J connectivity index is 0.00000108. The van der Waals surface area contributed by atoms with E-state index in [0.29, 0.717) is 11.2 Å². The van der Waals surface area contributed by atoms with Crippen LogP contribution < -0.4 is 4.90 Å². The normalized spacial score (nSPS) is 27.5. The third-order valence-corrected chi connectivity index (χ3v) is 3.77. The number of hydrogen-bond acceptors (Lipinski definition) is 4. The third kappa shape index (κ3) is 2.72. The Hall–Kier alpha value is -0.390. The molecular formula is C11H16BrClN4. The fourth-order valence-corrected chi connectivity index (χ4v) is 2.75. The molecule has 3 fully saturated rings. The summed E-state index contributed by atoms with van der Waals surface area (Å²) in [6, 6.07) is 4.43. The van der Waals surface area contributed by atoms with E-state index in [9.17, 15) is 0 Å². The third-order valence-electron chi connectivity index (χ3n) is 3.57. The fourth-order valence-electron chi connectivity index (χ4n) is 2.65. The highest BCUT2D eigenvalue weighted by atomic mass is 79.9. The zero-order chi connectivity index (χ0) is 11.0. The van der Waals surface area contributed by atoms with Gasteiger partial charge in [-0.25, -0.2) is 0 Å². The molecule has 0 N–H and O–H groups in total. The van der Waals surface area contributed by atoms with Gasteiger partial charge >= 0.3 is 0 Å². The Morgan fingerprint density at radius 3 is 2.47 bits per heavy atom. The quantitative estimate of drug-likeness (QED) is 0.792. The average molecular weight is 320 g/mol. The highest BCUT2D eigenvalue weighted by Crippen LogP contribution is 2.25. The molecule has 94 valence electrons. The maximum Gasteiger partial charge on any atom is 0.151 e. The molecule has 0 radical (unpaired) electrons. The van der Waals surface area contributed by atoms with Gasteiger partial charge in [0.1, 0.15) is 0 Å². The van der Waals surface area contributed by atoms with Gasteiger partial charge in [-0.2, -0.15) is 0 Å². The maximum absolute atomic E-state index is 5.76. The number of rotatable bonds is 1. The summed E-state index contributed by atoms with van der Waals surface area (Å²) in [5.41, 5.74) is 0. The van der Waals surface area contributed by atoms with Gasteiger partial charge < -0.3 is 9.80 Å². The number of anilines is 1. The molecule has 17 heavy (non-hydrogen) atoms. The largest absolute Gasteiger partial charge is 0.351 e. The molecule has 3 aliphatic rings. The predicted octanol–water partition coefficient (Wildman–Crippen LogP) is 1.99. The first kappa shape index (κ1) is 13.1. The number of fused-ring (bicyclic) bond motifs is 4. The van der Waals surface area contributed by atoms with Crippen LogP contribution in [-0.2, 0) is 0 Å². The molecular weight excluding hydrogens is 304 g/mol. The van der Waals surface area contributed by atoms with Crippen molar-refractivity contribution in [3.63, 3.8) is 0 Å². The monoisotopic (exact) mass is 318 g/mol. The SMILES string of the molecule is Br.Clc1ccc(N2CCN3CCC2CC3)nn1. The fraction of sp³-hybridized carbons (Fsp3) is 0.636. The molecule has 3 saturated heterocycles. The molecule has 0 spiro atoms. The number of piperidine rings is 1. The molecule has 4 rings (SSSR count). The first-order valence-corrected chi connectivity index (χ1v) is 6.19. The van der Waals surface area contributed by atoms with Crippen LogP contribution in [-0.4, -0.2) is 47.3 Å². The predicted molar refractivity (Wildman–Crippen MR) is 74.2 cm³/mol. The molecule has 0 atom stereocenters. The summed E-state index contributed by atoms with van der Waals surface area (Å²) in [4.78, 5) is 4.91. The molecule has 2 bridgehead atoms. The van der Waals surface area contributed by atoms with E-state index in [2.05, 4.69) is 20.0 Å². The molecule has 1 aromatic heterocycles. The minimum atomic E-state index is 0. The zero-order valence-electron chi connectivity index (χ0n) is 9.55. The highest BCUT2D eigenvalue weighted by molar-refractivity contribution is 8.93. The van der Waals surface area contributed by atoms with E-state index in [-0.39, 0.29) is 17.0 Å². The standard InChI is InChI=1S/C11H15ClN4.BrH/c12-10-1-2-11(14-13-10)16-8-7-15-5-3-9(16)4-6-15;/h1-2,9H,3-8H2;1H. The van der Waals surface area contributed by atoms with Crippen molar-refractivity contribution in [1.82, 2.24) is 15.1 Å². The molecule has 0 saturated carbocycles. The van der Waals surface area contributed by atoms with E-state index in [1.807, 2.05) is 12.1 Å². The summed E-state index contributed by atoms with van der Waals surface area (Å²) in [6.07, 6.45) is 2.48. The molecule has 6 heteroatoms. The van der Waals surface area contributed by atoms with Crippen molar-refractivity contribution < 1.29 is 0 Å². The zero-order valence-corrected chi connectivity index (χ0v) is 12.0. The Kier molecular flexibility index (Phi) is 4.22. The summed E-state index contributed by atoms with van der Waals surface area (Å²) in [5, 5.41) is 8.58. The summed E-state index contributed by atoms with van der Waals surface area (Å²) in [6.45, 7) is 4.64. The van der Waals surface area contributed by atoms with Crippen molar-refractivity contribution in [2.24, 2.45) is 0 Å². The molecule has 4 nitrogen and oxygen atoms in total. The summed E-state index contributed by atoms with van der Waals surface area (Å²) in [5.74, 6) is 0.971. The van der Waals surface area contributed by atoms with E-state index in [1.165, 1.54) is 25.9 Å². The van der Waals surface area contributed by atoms with Gasteiger partial charge in [0.05, 0.1) is 0 Å². The smallest absolute Gasteiger partial charge is 0.151 e. The van der Waals surface area contributed by atoms with Gasteiger partial charge in [0.25, 0.3) is 0 Å². The first-order valence-electron chi connectivity index (χ1n) is 5.81. The van der Waals surface area contributed by atoms with Crippen molar-refractivity contribution >= 4 is 34.4 Å². The number of halogens is 2. The molecule has 1 aromatic rings. The van der Waals surface area contributed by atoms with E-state index < -0.39 is 0 Å². The van der Waals surface area contributed by atoms with Gasteiger partial charge in [-0.05, 0) is 25.0 Å². The van der Waals surface area contributed by atoms with Crippen LogP contribution in [0.4, 0.5) is 5.82 Å². The maximum atomic E-state index is 5.76. The Morgan fingerprint density at radius 2 is 1.82 bits per heavy atom. The second-order valence-electron chi connectivity index (χ2n) is 4.48. The second-order valence-corrected chi connectivity index (χ2v) is 4.87. The molecule has 0 aliphatic carbocycles. The van der Waals surface area contributed by atoms with E-state index in [1.54, 1.807) is 0 Å². The lowest BCUT2D eigenvalue weighted by molar-refractivity contribution is 0.250. The van der Waals surface area contributed by atoms with Crippen molar-refractivity contribution in [2.45, 2.75) is 18.9 Å². The average Bonchev–Trinajstić information content (AvgIpc) is 2.64. The number of nitrogens with zero attached hydrogens (tertiary/aromatic N) is 4. The highest BCUT2D eigenvalue weighted by Gasteiger charge is 2.29. The van der Waals surface area contributed by atoms with Crippen LogP contribution in [0.25, 0.3) is 0 Å². The van der Waals surface area contributed by atoms with Crippen LogP contribution in [0.2, 0.25) is 5.15 Å². The molecule has 4 heterocycles. The van der Waals surface area contributed by atoms with Gasteiger partial charge in [-0.1, -0.05) is 11.6 Å². The van der Waals surface area contributed by atoms with Crippen LogP contribution in [0.3, 0.4) is 0 Å². The van der Waals surface area contributed by atoms with Crippen molar-refractivity contribution in [2.75, 3.05) is 31.1 Å². The van der Waals surface area contributed by atoms with Crippen LogP contribution in [0.1, 0.15) is 12.8 Å². The number of aromatic nitrogens is 2. The topological polar surface area (TPSA) is 32.3 Å². The van der Waals surface area contributed by atoms with Gasteiger partial charge in [0.15, 0.2) is 11.0 Å². The minimum absolute atomic E-state index is 0. The summed E-state index contributed by atoms with van der Waals surface area (Å²) in [7, 11) is 0. The second kappa shape index (κ2) is 5.50. The first-order chi connectivity index (χ1) is 7.83. The lowest BCUT2D eigenvalue weighted by atomic mass is 10.1.